The van der Waals surface area contributed by atoms with Gasteiger partial charge in [0.05, 0.1) is 7.11 Å². The molecule has 1 aromatic heterocycles. The lowest BCUT2D eigenvalue weighted by Gasteiger charge is -2.36. The lowest BCUT2D eigenvalue weighted by molar-refractivity contribution is -0.250. The van der Waals surface area contributed by atoms with E-state index >= 15 is 0 Å². The number of halogens is 3. The second-order valence-corrected chi connectivity index (χ2v) is 6.98. The van der Waals surface area contributed by atoms with Crippen molar-refractivity contribution >= 4 is 5.91 Å². The first kappa shape index (κ1) is 20.2. The third-order valence-electron chi connectivity index (χ3n) is 5.15. The van der Waals surface area contributed by atoms with Gasteiger partial charge in [-0.25, -0.2) is 4.68 Å². The molecule has 0 saturated carbocycles. The van der Waals surface area contributed by atoms with E-state index in [1.807, 2.05) is 30.3 Å². The molecule has 0 bridgehead atoms. The van der Waals surface area contributed by atoms with E-state index in [0.717, 1.165) is 16.3 Å². The molecule has 1 aliphatic rings. The van der Waals surface area contributed by atoms with Gasteiger partial charge in [-0.2, -0.15) is 18.3 Å². The summed E-state index contributed by atoms with van der Waals surface area (Å²) in [5, 5.41) is 14.0. The van der Waals surface area contributed by atoms with Crippen LogP contribution in [0.5, 0.6) is 5.75 Å². The Labute approximate surface area is 160 Å². The zero-order valence-corrected chi connectivity index (χ0v) is 15.6. The molecule has 1 fully saturated rings. The third-order valence-corrected chi connectivity index (χ3v) is 5.15. The van der Waals surface area contributed by atoms with Gasteiger partial charge in [0.15, 0.2) is 0 Å². The van der Waals surface area contributed by atoms with Crippen LogP contribution < -0.4 is 4.74 Å². The monoisotopic (exact) mass is 397 g/mol. The Hall–Kier alpha value is -2.55. The number of amides is 1. The number of benzene rings is 1. The molecule has 152 valence electrons. The third kappa shape index (κ3) is 3.58. The molecule has 1 atom stereocenters. The summed E-state index contributed by atoms with van der Waals surface area (Å²) >= 11 is 0. The molecular weight excluding hydrogens is 375 g/mol. The van der Waals surface area contributed by atoms with Gasteiger partial charge < -0.3 is 14.7 Å². The van der Waals surface area contributed by atoms with Crippen molar-refractivity contribution in [2.24, 2.45) is 0 Å². The van der Waals surface area contributed by atoms with Gasteiger partial charge in [-0.15, -0.1) is 0 Å². The fourth-order valence-corrected chi connectivity index (χ4v) is 3.44. The maximum absolute atomic E-state index is 12.9. The number of likely N-dealkylation sites (tertiary alicyclic amines) is 1. The first-order valence-corrected chi connectivity index (χ1v) is 8.92. The SMILES string of the molecule is COc1ccccc1-n1nccc1C1CCN(C(=O)C(C)(O)C(F)(F)F)CC1. The number of hydrogen-bond donors (Lipinski definition) is 1. The van der Waals surface area contributed by atoms with Crippen LogP contribution in [-0.2, 0) is 4.79 Å². The molecule has 0 aliphatic carbocycles. The molecule has 1 aromatic carbocycles. The van der Waals surface area contributed by atoms with Crippen molar-refractivity contribution < 1.29 is 27.8 Å². The van der Waals surface area contributed by atoms with E-state index in [-0.39, 0.29) is 19.0 Å². The molecule has 3 rings (SSSR count). The minimum absolute atomic E-state index is 0.0206. The van der Waals surface area contributed by atoms with Crippen LogP contribution >= 0.6 is 0 Å². The number of alkyl halides is 3. The summed E-state index contributed by atoms with van der Waals surface area (Å²) in [6.07, 6.45) is -2.40. The van der Waals surface area contributed by atoms with Gasteiger partial charge in [0.1, 0.15) is 11.4 Å². The number of ether oxygens (including phenoxy) is 1. The molecule has 9 heteroatoms. The highest BCUT2D eigenvalue weighted by atomic mass is 19.4. The molecule has 6 nitrogen and oxygen atoms in total. The minimum atomic E-state index is -5.01. The number of carbonyl (C=O) groups excluding carboxylic acids is 1. The van der Waals surface area contributed by atoms with Crippen molar-refractivity contribution in [1.82, 2.24) is 14.7 Å². The Morgan fingerprint density at radius 3 is 2.46 bits per heavy atom. The molecule has 28 heavy (non-hydrogen) atoms. The van der Waals surface area contributed by atoms with Crippen molar-refractivity contribution in [3.05, 3.63) is 42.2 Å². The average Bonchev–Trinajstić information content (AvgIpc) is 3.16. The van der Waals surface area contributed by atoms with Crippen molar-refractivity contribution in [3.8, 4) is 11.4 Å². The smallest absolute Gasteiger partial charge is 0.426 e. The van der Waals surface area contributed by atoms with Gasteiger partial charge in [-0.05, 0) is 38.0 Å². The van der Waals surface area contributed by atoms with Crippen LogP contribution in [0, 0.1) is 0 Å². The van der Waals surface area contributed by atoms with E-state index in [2.05, 4.69) is 5.10 Å². The maximum Gasteiger partial charge on any atom is 0.426 e. The molecule has 2 heterocycles. The summed E-state index contributed by atoms with van der Waals surface area (Å²) in [5.74, 6) is -0.634. The van der Waals surface area contributed by atoms with E-state index in [1.54, 1.807) is 18.0 Å². The number of methoxy groups -OCH3 is 1. The van der Waals surface area contributed by atoms with Gasteiger partial charge in [0, 0.05) is 30.9 Å². The van der Waals surface area contributed by atoms with E-state index in [4.69, 9.17) is 4.74 Å². The maximum atomic E-state index is 12.9. The van der Waals surface area contributed by atoms with Crippen molar-refractivity contribution in [3.63, 3.8) is 0 Å². The number of piperidine rings is 1. The summed E-state index contributed by atoms with van der Waals surface area (Å²) in [4.78, 5) is 13.2. The molecule has 1 N–H and O–H groups in total. The second-order valence-electron chi connectivity index (χ2n) is 6.98. The Kier molecular flexibility index (Phi) is 5.38. The van der Waals surface area contributed by atoms with Crippen LogP contribution in [0.15, 0.2) is 36.5 Å². The highest BCUT2D eigenvalue weighted by molar-refractivity contribution is 5.85. The minimum Gasteiger partial charge on any atom is -0.494 e. The fraction of sp³-hybridized carbons (Fsp3) is 0.474. The van der Waals surface area contributed by atoms with E-state index in [0.29, 0.717) is 25.5 Å². The molecule has 0 radical (unpaired) electrons. The summed E-state index contributed by atoms with van der Waals surface area (Å²) < 4.78 is 45.9. The van der Waals surface area contributed by atoms with Crippen LogP contribution in [0.1, 0.15) is 31.4 Å². The summed E-state index contributed by atoms with van der Waals surface area (Å²) in [6.45, 7) is 0.762. The van der Waals surface area contributed by atoms with E-state index in [9.17, 15) is 23.1 Å². The summed E-state index contributed by atoms with van der Waals surface area (Å²) in [6, 6.07) is 9.27. The Morgan fingerprint density at radius 1 is 1.21 bits per heavy atom. The number of nitrogens with zero attached hydrogens (tertiary/aromatic N) is 3. The topological polar surface area (TPSA) is 67.6 Å². The molecule has 1 saturated heterocycles. The lowest BCUT2D eigenvalue weighted by atomic mass is 9.92. The number of para-hydroxylation sites is 2. The Balaban J connectivity index is 1.75. The van der Waals surface area contributed by atoms with Crippen LogP contribution in [0.3, 0.4) is 0 Å². The molecular formula is C19H22F3N3O3. The van der Waals surface area contributed by atoms with Crippen molar-refractivity contribution in [2.75, 3.05) is 20.2 Å². The van der Waals surface area contributed by atoms with Crippen LogP contribution in [-0.4, -0.2) is 57.7 Å². The van der Waals surface area contributed by atoms with Crippen LogP contribution in [0.2, 0.25) is 0 Å². The standard InChI is InChI=1S/C19H22F3N3O3/c1-18(27,19(20,21)22)17(26)24-11-8-13(9-12-24)14-7-10-23-25(14)15-5-3-4-6-16(15)28-2/h3-7,10,13,27H,8-9,11-12H2,1-2H3. The zero-order valence-electron chi connectivity index (χ0n) is 15.6. The Bertz CT molecular complexity index is 840. The van der Waals surface area contributed by atoms with Gasteiger partial charge in [-0.3, -0.25) is 4.79 Å². The largest absolute Gasteiger partial charge is 0.494 e. The first-order valence-electron chi connectivity index (χ1n) is 8.92. The first-order chi connectivity index (χ1) is 13.2. The van der Waals surface area contributed by atoms with Crippen molar-refractivity contribution in [1.29, 1.82) is 0 Å². The number of rotatable bonds is 4. The van der Waals surface area contributed by atoms with Gasteiger partial charge in [0.2, 0.25) is 5.60 Å². The summed E-state index contributed by atoms with van der Waals surface area (Å²) in [5.41, 5.74) is -1.71. The second kappa shape index (κ2) is 7.46. The molecule has 0 spiro atoms. The van der Waals surface area contributed by atoms with Crippen LogP contribution in [0.4, 0.5) is 13.2 Å². The summed E-state index contributed by atoms with van der Waals surface area (Å²) in [7, 11) is 1.57. The number of hydrogen-bond acceptors (Lipinski definition) is 4. The predicted molar refractivity (Wildman–Crippen MR) is 95.3 cm³/mol. The number of aliphatic hydroxyl groups is 1. The molecule has 2 aromatic rings. The van der Waals surface area contributed by atoms with Gasteiger partial charge in [-0.1, -0.05) is 12.1 Å². The zero-order chi connectivity index (χ0) is 20.5. The van der Waals surface area contributed by atoms with Crippen LogP contribution in [0.25, 0.3) is 5.69 Å². The van der Waals surface area contributed by atoms with Crippen molar-refractivity contribution in [2.45, 2.75) is 37.5 Å². The van der Waals surface area contributed by atoms with Gasteiger partial charge >= 0.3 is 6.18 Å². The average molecular weight is 397 g/mol. The van der Waals surface area contributed by atoms with E-state index in [1.165, 1.54) is 0 Å². The lowest BCUT2D eigenvalue weighted by Crippen LogP contribution is -2.57. The van der Waals surface area contributed by atoms with E-state index < -0.39 is 17.7 Å². The molecule has 1 aliphatic heterocycles. The molecule has 1 amide bonds. The molecule has 1 unspecified atom stereocenters. The highest BCUT2D eigenvalue weighted by Gasteiger charge is 2.57. The quantitative estimate of drug-likeness (QED) is 0.862. The normalized spacial score (nSPS) is 18.0. The highest BCUT2D eigenvalue weighted by Crippen LogP contribution is 2.35. The fourth-order valence-electron chi connectivity index (χ4n) is 3.44. The number of aromatic nitrogens is 2. The Morgan fingerprint density at radius 2 is 1.86 bits per heavy atom. The van der Waals surface area contributed by atoms with Gasteiger partial charge in [0.25, 0.3) is 5.91 Å². The number of carbonyl (C=O) groups is 1. The predicted octanol–water partition coefficient (Wildman–Crippen LogP) is 2.90.